The van der Waals surface area contributed by atoms with Gasteiger partial charge in [0.25, 0.3) is 5.91 Å². The molecule has 1 N–H and O–H groups in total. The van der Waals surface area contributed by atoms with E-state index in [1.54, 1.807) is 16.5 Å². The van der Waals surface area contributed by atoms with Crippen LogP contribution in [0.2, 0.25) is 0 Å². The van der Waals surface area contributed by atoms with Crippen molar-refractivity contribution in [3.05, 3.63) is 46.4 Å². The maximum absolute atomic E-state index is 12.8. The number of hydrogen-bond acceptors (Lipinski definition) is 6. The van der Waals surface area contributed by atoms with E-state index in [1.807, 2.05) is 35.3 Å². The number of benzene rings is 1. The smallest absolute Gasteiger partial charge is 0.255 e. The van der Waals surface area contributed by atoms with Crippen molar-refractivity contribution in [1.29, 1.82) is 0 Å². The highest BCUT2D eigenvalue weighted by Gasteiger charge is 2.39. The Morgan fingerprint density at radius 1 is 1.21 bits per heavy atom. The minimum absolute atomic E-state index is 0.176. The first-order chi connectivity index (χ1) is 14.0. The van der Waals surface area contributed by atoms with Gasteiger partial charge >= 0.3 is 0 Å². The van der Waals surface area contributed by atoms with Crippen LogP contribution in [0, 0.1) is 0 Å². The van der Waals surface area contributed by atoms with Gasteiger partial charge in [0.2, 0.25) is 11.8 Å². The number of carbonyl (C=O) groups is 3. The molecular weight excluding hydrogens is 390 g/mol. The van der Waals surface area contributed by atoms with Crippen LogP contribution < -0.4 is 5.32 Å². The molecule has 1 unspecified atom stereocenters. The van der Waals surface area contributed by atoms with Gasteiger partial charge in [-0.3, -0.25) is 19.7 Å². The lowest BCUT2D eigenvalue weighted by molar-refractivity contribution is -0.136. The van der Waals surface area contributed by atoms with Crippen molar-refractivity contribution in [3.8, 4) is 22.8 Å². The molecule has 3 amide bonds. The Bertz CT molecular complexity index is 1150. The topological polar surface area (TPSA) is 97.2 Å². The zero-order chi connectivity index (χ0) is 20.1. The van der Waals surface area contributed by atoms with E-state index < -0.39 is 11.9 Å². The Labute approximate surface area is 170 Å². The molecule has 0 radical (unpaired) electrons. The van der Waals surface area contributed by atoms with E-state index in [-0.39, 0.29) is 18.2 Å². The highest BCUT2D eigenvalue weighted by molar-refractivity contribution is 7.07. The predicted molar refractivity (Wildman–Crippen MR) is 106 cm³/mol. The monoisotopic (exact) mass is 407 g/mol. The van der Waals surface area contributed by atoms with Crippen LogP contribution in [0.25, 0.3) is 22.8 Å². The van der Waals surface area contributed by atoms with E-state index in [2.05, 4.69) is 10.3 Å². The first-order valence-corrected chi connectivity index (χ1v) is 10.2. The second kappa shape index (κ2) is 6.63. The van der Waals surface area contributed by atoms with Crippen molar-refractivity contribution in [2.24, 2.45) is 7.05 Å². The number of imidazole rings is 1. The number of hydrogen-bond donors (Lipinski definition) is 1. The molecule has 1 atom stereocenters. The quantitative estimate of drug-likeness (QED) is 0.670. The fraction of sp³-hybridized carbons (Fsp3) is 0.250. The van der Waals surface area contributed by atoms with E-state index in [9.17, 15) is 14.4 Å². The average Bonchev–Trinajstić information content (AvgIpc) is 3.41. The van der Waals surface area contributed by atoms with Gasteiger partial charge in [-0.25, -0.2) is 9.97 Å². The third kappa shape index (κ3) is 2.94. The van der Waals surface area contributed by atoms with E-state index in [0.29, 0.717) is 18.5 Å². The van der Waals surface area contributed by atoms with Gasteiger partial charge in [0.15, 0.2) is 5.82 Å². The summed E-state index contributed by atoms with van der Waals surface area (Å²) in [5.74, 6) is -0.0859. The number of aryl methyl sites for hydroxylation is 1. The van der Waals surface area contributed by atoms with Crippen LogP contribution in [-0.4, -0.2) is 43.2 Å². The molecule has 1 saturated heterocycles. The number of nitrogens with one attached hydrogen (secondary N) is 1. The minimum atomic E-state index is -0.609. The number of aromatic nitrogens is 3. The number of nitrogens with zero attached hydrogens (tertiary/aromatic N) is 4. The summed E-state index contributed by atoms with van der Waals surface area (Å²) in [6.07, 6.45) is 2.54. The molecule has 9 heteroatoms. The Morgan fingerprint density at radius 2 is 2.07 bits per heavy atom. The maximum atomic E-state index is 12.8. The average molecular weight is 407 g/mol. The van der Waals surface area contributed by atoms with E-state index >= 15 is 0 Å². The number of piperidine rings is 1. The Balaban J connectivity index is 1.44. The van der Waals surface area contributed by atoms with Crippen molar-refractivity contribution < 1.29 is 14.4 Å². The fourth-order valence-electron chi connectivity index (χ4n) is 3.90. The Hall–Kier alpha value is -3.33. The second-order valence-electron chi connectivity index (χ2n) is 7.21. The van der Waals surface area contributed by atoms with Crippen molar-refractivity contribution in [1.82, 2.24) is 24.8 Å². The highest BCUT2D eigenvalue weighted by Crippen LogP contribution is 2.31. The van der Waals surface area contributed by atoms with Crippen LogP contribution in [0.15, 0.2) is 35.3 Å². The first kappa shape index (κ1) is 17.7. The van der Waals surface area contributed by atoms with Crippen molar-refractivity contribution in [2.45, 2.75) is 25.4 Å². The van der Waals surface area contributed by atoms with Gasteiger partial charge in [-0.2, -0.15) is 0 Å². The molecule has 0 spiro atoms. The summed E-state index contributed by atoms with van der Waals surface area (Å²) in [6, 6.07) is 5.00. The molecule has 8 nitrogen and oxygen atoms in total. The van der Waals surface area contributed by atoms with Gasteiger partial charge in [0.05, 0.1) is 11.2 Å². The molecule has 5 rings (SSSR count). The Kier molecular flexibility index (Phi) is 4.06. The number of amides is 3. The lowest BCUT2D eigenvalue weighted by Gasteiger charge is -2.29. The molecule has 1 fully saturated rings. The molecule has 0 bridgehead atoms. The van der Waals surface area contributed by atoms with Crippen LogP contribution in [-0.2, 0) is 23.2 Å². The van der Waals surface area contributed by atoms with Gasteiger partial charge < -0.3 is 9.47 Å². The Morgan fingerprint density at radius 3 is 2.83 bits per heavy atom. The van der Waals surface area contributed by atoms with Crippen LogP contribution in [0.5, 0.6) is 0 Å². The number of imide groups is 1. The lowest BCUT2D eigenvalue weighted by atomic mass is 10.0. The zero-order valence-electron chi connectivity index (χ0n) is 15.6. The van der Waals surface area contributed by atoms with Gasteiger partial charge in [-0.15, -0.1) is 11.3 Å². The van der Waals surface area contributed by atoms with E-state index in [0.717, 1.165) is 28.3 Å². The molecular formula is C20H17N5O3S. The second-order valence-corrected chi connectivity index (χ2v) is 7.92. The molecule has 146 valence electrons. The van der Waals surface area contributed by atoms with Crippen molar-refractivity contribution in [2.75, 3.05) is 0 Å². The van der Waals surface area contributed by atoms with Crippen LogP contribution >= 0.6 is 11.3 Å². The van der Waals surface area contributed by atoms with Gasteiger partial charge in [0, 0.05) is 42.7 Å². The molecule has 2 aliphatic rings. The van der Waals surface area contributed by atoms with Crippen LogP contribution in [0.3, 0.4) is 0 Å². The van der Waals surface area contributed by atoms with E-state index in [4.69, 9.17) is 4.98 Å². The fourth-order valence-corrected chi connectivity index (χ4v) is 4.43. The van der Waals surface area contributed by atoms with Crippen molar-refractivity contribution >= 4 is 29.1 Å². The van der Waals surface area contributed by atoms with Crippen LogP contribution in [0.4, 0.5) is 0 Å². The number of carbonyl (C=O) groups excluding carboxylic acids is 3. The summed E-state index contributed by atoms with van der Waals surface area (Å²) in [5.41, 5.74) is 5.74. The molecule has 3 aromatic rings. The summed E-state index contributed by atoms with van der Waals surface area (Å²) in [5, 5.41) is 4.27. The third-order valence-corrected chi connectivity index (χ3v) is 5.94. The minimum Gasteiger partial charge on any atom is -0.332 e. The number of fused-ring (bicyclic) bond motifs is 1. The largest absolute Gasteiger partial charge is 0.332 e. The third-order valence-electron chi connectivity index (χ3n) is 5.36. The molecule has 2 aromatic heterocycles. The van der Waals surface area contributed by atoms with Gasteiger partial charge in [-0.05, 0) is 24.1 Å². The van der Waals surface area contributed by atoms with Crippen molar-refractivity contribution in [3.63, 3.8) is 0 Å². The summed E-state index contributed by atoms with van der Waals surface area (Å²) >= 11 is 1.52. The first-order valence-electron chi connectivity index (χ1n) is 9.21. The summed E-state index contributed by atoms with van der Waals surface area (Å²) < 4.78 is 1.93. The zero-order valence-corrected chi connectivity index (χ0v) is 16.4. The molecule has 0 aliphatic carbocycles. The summed E-state index contributed by atoms with van der Waals surface area (Å²) in [4.78, 5) is 47.0. The standard InChI is InChI=1S/C20H17N5O3S/c1-24-8-14(22-18(24)15-9-29-10-21-15)11-2-3-13-12(6-11)7-25(20(13)28)16-4-5-17(26)23-19(16)27/h2-3,6,8-10,16H,4-5,7H2,1H3,(H,23,26,27). The predicted octanol–water partition coefficient (Wildman–Crippen LogP) is 1.97. The van der Waals surface area contributed by atoms with Gasteiger partial charge in [-0.1, -0.05) is 6.07 Å². The highest BCUT2D eigenvalue weighted by atomic mass is 32.1. The maximum Gasteiger partial charge on any atom is 0.255 e. The van der Waals surface area contributed by atoms with Crippen LogP contribution in [0.1, 0.15) is 28.8 Å². The molecule has 1 aromatic carbocycles. The molecule has 4 heterocycles. The molecule has 0 saturated carbocycles. The normalized spacial score (nSPS) is 18.9. The van der Waals surface area contributed by atoms with Gasteiger partial charge in [0.1, 0.15) is 11.7 Å². The summed E-state index contributed by atoms with van der Waals surface area (Å²) in [7, 11) is 1.92. The number of rotatable bonds is 3. The number of thiazole rings is 1. The SMILES string of the molecule is Cn1cc(-c2ccc3c(c2)CN(C2CCC(=O)NC2=O)C3=O)nc1-c1cscn1. The van der Waals surface area contributed by atoms with E-state index in [1.165, 1.54) is 11.3 Å². The molecule has 29 heavy (non-hydrogen) atoms. The molecule has 2 aliphatic heterocycles. The lowest BCUT2D eigenvalue weighted by Crippen LogP contribution is -2.52. The summed E-state index contributed by atoms with van der Waals surface area (Å²) in [6.45, 7) is 0.347.